The lowest BCUT2D eigenvalue weighted by molar-refractivity contribution is -0.147. The Balaban J connectivity index is 2.76. The number of methoxy groups -OCH3 is 1. The predicted octanol–water partition coefficient (Wildman–Crippen LogP) is 0.122. The summed E-state index contributed by atoms with van der Waals surface area (Å²) in [4.78, 5) is 22.0. The smallest absolute Gasteiger partial charge is 0.322 e. The highest BCUT2D eigenvalue weighted by atomic mass is 32.2. The maximum Gasteiger partial charge on any atom is 0.322 e. The lowest BCUT2D eigenvalue weighted by atomic mass is 10.2. The molecule has 0 radical (unpaired) electrons. The minimum Gasteiger partial charge on any atom is -0.480 e. The third-order valence-corrected chi connectivity index (χ3v) is 3.77. The number of esters is 1. The van der Waals surface area contributed by atoms with Crippen LogP contribution in [0.3, 0.4) is 0 Å². The molecule has 0 saturated heterocycles. The molecule has 1 aromatic carbocycles. The first kappa shape index (κ1) is 16.1. The number of nitrogens with one attached hydrogen (secondary N) is 1. The summed E-state index contributed by atoms with van der Waals surface area (Å²) >= 11 is 0. The summed E-state index contributed by atoms with van der Waals surface area (Å²) in [6.07, 6.45) is -0.570. The van der Waals surface area contributed by atoms with Crippen LogP contribution < -0.4 is 4.72 Å². The van der Waals surface area contributed by atoms with E-state index in [1.807, 2.05) is 4.72 Å². The molecule has 7 nitrogen and oxygen atoms in total. The Kier molecular flexibility index (Phi) is 5.66. The minimum absolute atomic E-state index is 0.362. The van der Waals surface area contributed by atoms with Crippen molar-refractivity contribution in [1.82, 2.24) is 4.72 Å². The molecule has 1 unspecified atom stereocenters. The van der Waals surface area contributed by atoms with Crippen molar-refractivity contribution < 1.29 is 27.9 Å². The van der Waals surface area contributed by atoms with E-state index in [1.54, 1.807) is 30.3 Å². The van der Waals surface area contributed by atoms with E-state index < -0.39 is 34.4 Å². The molecule has 0 aliphatic rings. The lowest BCUT2D eigenvalue weighted by Gasteiger charge is -2.13. The summed E-state index contributed by atoms with van der Waals surface area (Å²) in [5.74, 6) is -2.61. The number of sulfonamides is 1. The number of hydrogen-bond acceptors (Lipinski definition) is 5. The molecule has 0 aliphatic heterocycles. The Labute approximate surface area is 116 Å². The van der Waals surface area contributed by atoms with E-state index in [1.165, 1.54) is 0 Å². The molecular formula is C12H15NO6S. The van der Waals surface area contributed by atoms with Crippen LogP contribution in [0.4, 0.5) is 0 Å². The summed E-state index contributed by atoms with van der Waals surface area (Å²) in [6, 6.07) is 6.75. The second kappa shape index (κ2) is 7.01. The number of aliphatic carboxylic acids is 1. The summed E-state index contributed by atoms with van der Waals surface area (Å²) in [7, 11) is -2.77. The fraction of sp³-hybridized carbons (Fsp3) is 0.333. The Hall–Kier alpha value is -1.93. The van der Waals surface area contributed by atoms with Gasteiger partial charge in [0.25, 0.3) is 0 Å². The Morgan fingerprint density at radius 2 is 1.90 bits per heavy atom. The van der Waals surface area contributed by atoms with Gasteiger partial charge in [-0.05, 0) is 5.56 Å². The minimum atomic E-state index is -3.87. The first-order valence-electron chi connectivity index (χ1n) is 5.67. The van der Waals surface area contributed by atoms with Crippen LogP contribution in [0.1, 0.15) is 12.0 Å². The second-order valence-electron chi connectivity index (χ2n) is 4.03. The van der Waals surface area contributed by atoms with Crippen LogP contribution in [-0.4, -0.2) is 38.6 Å². The first-order chi connectivity index (χ1) is 9.34. The van der Waals surface area contributed by atoms with E-state index in [0.29, 0.717) is 5.56 Å². The molecule has 2 N–H and O–H groups in total. The highest BCUT2D eigenvalue weighted by molar-refractivity contribution is 7.88. The first-order valence-corrected chi connectivity index (χ1v) is 7.33. The number of carbonyl (C=O) groups excluding carboxylic acids is 1. The molecule has 0 fully saturated rings. The average molecular weight is 301 g/mol. The SMILES string of the molecule is COC(=O)CC(NS(=O)(=O)Cc1ccccc1)C(=O)O. The number of carboxylic acid groups (broad SMARTS) is 1. The van der Waals surface area contributed by atoms with Crippen molar-refractivity contribution in [1.29, 1.82) is 0 Å². The Morgan fingerprint density at radius 3 is 2.40 bits per heavy atom. The van der Waals surface area contributed by atoms with Gasteiger partial charge in [0, 0.05) is 0 Å². The molecule has 20 heavy (non-hydrogen) atoms. The van der Waals surface area contributed by atoms with Crippen LogP contribution in [0.25, 0.3) is 0 Å². The van der Waals surface area contributed by atoms with Crippen LogP contribution in [0.2, 0.25) is 0 Å². The maximum atomic E-state index is 11.9. The molecule has 0 bridgehead atoms. The third-order valence-electron chi connectivity index (χ3n) is 2.42. The van der Waals surface area contributed by atoms with Crippen molar-refractivity contribution >= 4 is 22.0 Å². The molecule has 0 saturated carbocycles. The van der Waals surface area contributed by atoms with Gasteiger partial charge in [-0.2, -0.15) is 0 Å². The highest BCUT2D eigenvalue weighted by Crippen LogP contribution is 2.06. The topological polar surface area (TPSA) is 110 Å². The molecule has 8 heteroatoms. The molecule has 1 rings (SSSR count). The van der Waals surface area contributed by atoms with Crippen LogP contribution in [0.5, 0.6) is 0 Å². The van der Waals surface area contributed by atoms with Gasteiger partial charge in [0.2, 0.25) is 10.0 Å². The number of carbonyl (C=O) groups is 2. The van der Waals surface area contributed by atoms with Crippen molar-refractivity contribution in [2.24, 2.45) is 0 Å². The fourth-order valence-corrected chi connectivity index (χ4v) is 2.81. The monoisotopic (exact) mass is 301 g/mol. The van der Waals surface area contributed by atoms with E-state index >= 15 is 0 Å². The lowest BCUT2D eigenvalue weighted by Crippen LogP contribution is -2.42. The van der Waals surface area contributed by atoms with Crippen molar-refractivity contribution in [2.75, 3.05) is 7.11 Å². The number of ether oxygens (including phenoxy) is 1. The molecule has 0 aromatic heterocycles. The van der Waals surface area contributed by atoms with E-state index in [-0.39, 0.29) is 5.75 Å². The zero-order chi connectivity index (χ0) is 15.2. The van der Waals surface area contributed by atoms with Gasteiger partial charge in [-0.25, -0.2) is 13.1 Å². The second-order valence-corrected chi connectivity index (χ2v) is 5.79. The van der Waals surface area contributed by atoms with Crippen LogP contribution >= 0.6 is 0 Å². The number of rotatable bonds is 7. The van der Waals surface area contributed by atoms with E-state index in [4.69, 9.17) is 5.11 Å². The van der Waals surface area contributed by atoms with Gasteiger partial charge in [0.15, 0.2) is 0 Å². The summed E-state index contributed by atoms with van der Waals surface area (Å²) in [5, 5.41) is 8.91. The molecule has 0 spiro atoms. The number of benzene rings is 1. The Morgan fingerprint density at radius 1 is 1.30 bits per heavy atom. The molecule has 0 amide bonds. The van der Waals surface area contributed by atoms with E-state index in [0.717, 1.165) is 7.11 Å². The molecule has 0 heterocycles. The van der Waals surface area contributed by atoms with Gasteiger partial charge < -0.3 is 9.84 Å². The average Bonchev–Trinajstić information content (AvgIpc) is 2.38. The van der Waals surface area contributed by atoms with Gasteiger partial charge in [-0.1, -0.05) is 30.3 Å². The molecule has 1 atom stereocenters. The zero-order valence-corrected chi connectivity index (χ0v) is 11.6. The quantitative estimate of drug-likeness (QED) is 0.692. The summed E-state index contributed by atoms with van der Waals surface area (Å²) in [5.41, 5.74) is 0.516. The third kappa shape index (κ3) is 5.37. The van der Waals surface area contributed by atoms with Crippen LogP contribution in [-0.2, 0) is 30.1 Å². The molecule has 110 valence electrons. The van der Waals surface area contributed by atoms with Crippen molar-refractivity contribution in [3.8, 4) is 0 Å². The van der Waals surface area contributed by atoms with E-state index in [9.17, 15) is 18.0 Å². The predicted molar refractivity (Wildman–Crippen MR) is 70.3 cm³/mol. The van der Waals surface area contributed by atoms with E-state index in [2.05, 4.69) is 4.74 Å². The highest BCUT2D eigenvalue weighted by Gasteiger charge is 2.27. The van der Waals surface area contributed by atoms with Crippen LogP contribution in [0, 0.1) is 0 Å². The summed E-state index contributed by atoms with van der Waals surface area (Å²) in [6.45, 7) is 0. The fourth-order valence-electron chi connectivity index (χ4n) is 1.48. The van der Waals surface area contributed by atoms with Crippen molar-refractivity contribution in [3.63, 3.8) is 0 Å². The largest absolute Gasteiger partial charge is 0.480 e. The molecule has 0 aliphatic carbocycles. The van der Waals surface area contributed by atoms with Crippen LogP contribution in [0.15, 0.2) is 30.3 Å². The van der Waals surface area contributed by atoms with Gasteiger partial charge in [-0.15, -0.1) is 0 Å². The van der Waals surface area contributed by atoms with Gasteiger partial charge >= 0.3 is 11.9 Å². The van der Waals surface area contributed by atoms with Gasteiger partial charge in [0.05, 0.1) is 19.3 Å². The summed E-state index contributed by atoms with van der Waals surface area (Å²) < 4.78 is 30.0. The van der Waals surface area contributed by atoms with Gasteiger partial charge in [-0.3, -0.25) is 9.59 Å². The normalized spacial score (nSPS) is 12.7. The Bertz CT molecular complexity index is 569. The zero-order valence-electron chi connectivity index (χ0n) is 10.8. The number of carboxylic acids is 1. The van der Waals surface area contributed by atoms with Crippen molar-refractivity contribution in [2.45, 2.75) is 18.2 Å². The maximum absolute atomic E-state index is 11.9. The standard InChI is InChI=1S/C12H15NO6S/c1-19-11(14)7-10(12(15)16)13-20(17,18)8-9-5-3-2-4-6-9/h2-6,10,13H,7-8H2,1H3,(H,15,16). The van der Waals surface area contributed by atoms with Gasteiger partial charge in [0.1, 0.15) is 6.04 Å². The molecular weight excluding hydrogens is 286 g/mol. The number of hydrogen-bond donors (Lipinski definition) is 2. The van der Waals surface area contributed by atoms with Crippen molar-refractivity contribution in [3.05, 3.63) is 35.9 Å². The molecule has 1 aromatic rings.